The summed E-state index contributed by atoms with van der Waals surface area (Å²) in [5.74, 6) is 1.32. The Kier molecular flexibility index (Phi) is 3.92. The van der Waals surface area contributed by atoms with Crippen LogP contribution in [0.25, 0.3) is 11.1 Å². The number of hydrogen-bond acceptors (Lipinski definition) is 6. The summed E-state index contributed by atoms with van der Waals surface area (Å²) in [7, 11) is 0. The smallest absolute Gasteiger partial charge is 0.408 e. The summed E-state index contributed by atoms with van der Waals surface area (Å²) in [6.07, 6.45) is 3.42. The van der Waals surface area contributed by atoms with E-state index < -0.39 is 5.76 Å². The van der Waals surface area contributed by atoms with Crippen molar-refractivity contribution in [3.8, 4) is 0 Å². The zero-order valence-corrected chi connectivity index (χ0v) is 15.6. The number of aryl methyl sites for hydroxylation is 1. The van der Waals surface area contributed by atoms with Gasteiger partial charge in [0.05, 0.1) is 5.52 Å². The molecule has 4 heterocycles. The minimum Gasteiger partial charge on any atom is -0.408 e. The molecule has 3 aromatic rings. The highest BCUT2D eigenvalue weighted by molar-refractivity contribution is 5.80. The van der Waals surface area contributed by atoms with Crippen LogP contribution in [-0.2, 0) is 11.3 Å². The van der Waals surface area contributed by atoms with E-state index in [9.17, 15) is 9.59 Å². The van der Waals surface area contributed by atoms with Crippen molar-refractivity contribution in [3.63, 3.8) is 0 Å². The number of benzene rings is 1. The number of amides is 1. The first-order valence-electron chi connectivity index (χ1n) is 9.48. The third-order valence-electron chi connectivity index (χ3n) is 5.87. The van der Waals surface area contributed by atoms with E-state index in [2.05, 4.69) is 14.9 Å². The molecule has 2 aliphatic heterocycles. The van der Waals surface area contributed by atoms with Gasteiger partial charge in [-0.15, -0.1) is 0 Å². The van der Waals surface area contributed by atoms with Crippen molar-refractivity contribution < 1.29 is 9.21 Å². The maximum atomic E-state index is 12.8. The fraction of sp³-hybridized carbons (Fsp3) is 0.400. The maximum absolute atomic E-state index is 12.8. The van der Waals surface area contributed by atoms with Gasteiger partial charge in [-0.05, 0) is 19.1 Å². The minimum atomic E-state index is -0.487. The van der Waals surface area contributed by atoms with Crippen LogP contribution >= 0.6 is 0 Å². The number of carbonyl (C=O) groups is 1. The summed E-state index contributed by atoms with van der Waals surface area (Å²) in [5, 5.41) is 0. The molecule has 1 aromatic carbocycles. The summed E-state index contributed by atoms with van der Waals surface area (Å²) >= 11 is 0. The molecule has 2 saturated heterocycles. The van der Waals surface area contributed by atoms with Crippen molar-refractivity contribution in [1.82, 2.24) is 19.4 Å². The molecular formula is C20H21N5O3. The summed E-state index contributed by atoms with van der Waals surface area (Å²) in [4.78, 5) is 37.6. The lowest BCUT2D eigenvalue weighted by molar-refractivity contribution is -0.131. The fourth-order valence-corrected chi connectivity index (χ4v) is 4.49. The van der Waals surface area contributed by atoms with Crippen LogP contribution in [-0.4, -0.2) is 51.5 Å². The Bertz CT molecular complexity index is 1090. The number of carbonyl (C=O) groups excluding carboxylic acids is 1. The Hall–Kier alpha value is -3.16. The minimum absolute atomic E-state index is 0.0179. The molecule has 144 valence electrons. The van der Waals surface area contributed by atoms with Gasteiger partial charge < -0.3 is 14.2 Å². The molecule has 0 spiro atoms. The summed E-state index contributed by atoms with van der Waals surface area (Å²) < 4.78 is 6.65. The molecule has 2 atom stereocenters. The normalized spacial score (nSPS) is 21.5. The first kappa shape index (κ1) is 17.0. The van der Waals surface area contributed by atoms with E-state index in [1.807, 2.05) is 30.2 Å². The van der Waals surface area contributed by atoms with Gasteiger partial charge in [-0.3, -0.25) is 9.36 Å². The third kappa shape index (κ3) is 2.76. The van der Waals surface area contributed by atoms with Crippen LogP contribution in [0, 0.1) is 18.8 Å². The number of para-hydroxylation sites is 2. The van der Waals surface area contributed by atoms with E-state index in [1.165, 1.54) is 4.57 Å². The van der Waals surface area contributed by atoms with Crippen molar-refractivity contribution in [3.05, 3.63) is 52.9 Å². The molecule has 5 rings (SSSR count). The van der Waals surface area contributed by atoms with Crippen molar-refractivity contribution in [2.45, 2.75) is 13.5 Å². The Morgan fingerprint density at radius 2 is 1.93 bits per heavy atom. The van der Waals surface area contributed by atoms with E-state index in [0.717, 1.165) is 24.5 Å². The number of hydrogen-bond donors (Lipinski definition) is 0. The highest BCUT2D eigenvalue weighted by atomic mass is 16.4. The first-order valence-corrected chi connectivity index (χ1v) is 9.48. The Morgan fingerprint density at radius 3 is 2.68 bits per heavy atom. The summed E-state index contributed by atoms with van der Waals surface area (Å²) in [6.45, 7) is 5.25. The number of fused-ring (bicyclic) bond motifs is 2. The molecule has 2 fully saturated rings. The molecule has 2 unspecified atom stereocenters. The second-order valence-electron chi connectivity index (χ2n) is 7.68. The quantitative estimate of drug-likeness (QED) is 0.682. The maximum Gasteiger partial charge on any atom is 0.420 e. The fourth-order valence-electron chi connectivity index (χ4n) is 4.49. The number of rotatable bonds is 3. The van der Waals surface area contributed by atoms with Crippen molar-refractivity contribution >= 4 is 22.8 Å². The van der Waals surface area contributed by atoms with E-state index in [0.29, 0.717) is 36.0 Å². The lowest BCUT2D eigenvalue weighted by Gasteiger charge is -2.23. The zero-order valence-electron chi connectivity index (χ0n) is 15.6. The second kappa shape index (κ2) is 6.47. The molecule has 28 heavy (non-hydrogen) atoms. The average molecular weight is 379 g/mol. The SMILES string of the molecule is Cc1cncnc1N1CC2CN(C(=O)Cn3c(=O)oc4ccccc43)CC2C1. The largest absolute Gasteiger partial charge is 0.420 e. The van der Waals surface area contributed by atoms with Crippen LogP contribution in [0.5, 0.6) is 0 Å². The van der Waals surface area contributed by atoms with Gasteiger partial charge in [0.2, 0.25) is 5.91 Å². The Labute approximate surface area is 161 Å². The van der Waals surface area contributed by atoms with E-state index in [-0.39, 0.29) is 12.5 Å². The van der Waals surface area contributed by atoms with Crippen molar-refractivity contribution in [2.24, 2.45) is 11.8 Å². The highest BCUT2D eigenvalue weighted by Crippen LogP contribution is 2.34. The van der Waals surface area contributed by atoms with Gasteiger partial charge in [-0.2, -0.15) is 0 Å². The van der Waals surface area contributed by atoms with Gasteiger partial charge in [0, 0.05) is 49.8 Å². The second-order valence-corrected chi connectivity index (χ2v) is 7.68. The molecule has 8 heteroatoms. The van der Waals surface area contributed by atoms with Crippen molar-refractivity contribution in [2.75, 3.05) is 31.1 Å². The van der Waals surface area contributed by atoms with Gasteiger partial charge in [0.1, 0.15) is 18.7 Å². The first-order chi connectivity index (χ1) is 13.6. The molecule has 0 saturated carbocycles. The van der Waals surface area contributed by atoms with Gasteiger partial charge in [0.15, 0.2) is 5.58 Å². The molecule has 0 radical (unpaired) electrons. The molecular weight excluding hydrogens is 358 g/mol. The highest BCUT2D eigenvalue weighted by Gasteiger charge is 2.42. The number of aromatic nitrogens is 3. The summed E-state index contributed by atoms with van der Waals surface area (Å²) in [5.41, 5.74) is 2.24. The van der Waals surface area contributed by atoms with E-state index >= 15 is 0 Å². The summed E-state index contributed by atoms with van der Waals surface area (Å²) in [6, 6.07) is 7.18. The number of nitrogens with zero attached hydrogens (tertiary/aromatic N) is 5. The molecule has 0 aliphatic carbocycles. The van der Waals surface area contributed by atoms with E-state index in [4.69, 9.17) is 4.42 Å². The van der Waals surface area contributed by atoms with Crippen LogP contribution in [0.15, 0.2) is 46.0 Å². The molecule has 0 N–H and O–H groups in total. The van der Waals surface area contributed by atoms with Gasteiger partial charge in [-0.25, -0.2) is 14.8 Å². The average Bonchev–Trinajstić information content (AvgIpc) is 3.34. The Morgan fingerprint density at radius 1 is 1.18 bits per heavy atom. The van der Waals surface area contributed by atoms with Gasteiger partial charge in [0.25, 0.3) is 0 Å². The number of oxazole rings is 1. The molecule has 2 aliphatic rings. The van der Waals surface area contributed by atoms with Crippen LogP contribution in [0.4, 0.5) is 5.82 Å². The van der Waals surface area contributed by atoms with Crippen LogP contribution in [0.1, 0.15) is 5.56 Å². The van der Waals surface area contributed by atoms with Crippen molar-refractivity contribution in [1.29, 1.82) is 0 Å². The van der Waals surface area contributed by atoms with Gasteiger partial charge >= 0.3 is 5.76 Å². The lowest BCUT2D eigenvalue weighted by Crippen LogP contribution is -2.37. The molecule has 8 nitrogen and oxygen atoms in total. The number of anilines is 1. The topological polar surface area (TPSA) is 84.5 Å². The monoisotopic (exact) mass is 379 g/mol. The van der Waals surface area contributed by atoms with Crippen LogP contribution < -0.4 is 10.7 Å². The van der Waals surface area contributed by atoms with Gasteiger partial charge in [-0.1, -0.05) is 12.1 Å². The van der Waals surface area contributed by atoms with Crippen LogP contribution in [0.2, 0.25) is 0 Å². The lowest BCUT2D eigenvalue weighted by atomic mass is 10.0. The van der Waals surface area contributed by atoms with E-state index in [1.54, 1.807) is 18.5 Å². The number of likely N-dealkylation sites (tertiary alicyclic amines) is 1. The molecule has 0 bridgehead atoms. The third-order valence-corrected chi connectivity index (χ3v) is 5.87. The Balaban J connectivity index is 1.28. The predicted molar refractivity (Wildman–Crippen MR) is 103 cm³/mol. The zero-order chi connectivity index (χ0) is 19.3. The predicted octanol–water partition coefficient (Wildman–Crippen LogP) is 1.29. The van der Waals surface area contributed by atoms with Crippen LogP contribution in [0.3, 0.4) is 0 Å². The molecule has 2 aromatic heterocycles. The standard InChI is InChI=1S/C20H21N5O3/c1-13-6-21-12-22-19(13)24-9-14-7-23(8-15(14)10-24)18(26)11-25-16-4-2-3-5-17(16)28-20(25)27/h2-6,12,14-15H,7-11H2,1H3. The molecule has 1 amide bonds.